The van der Waals surface area contributed by atoms with E-state index < -0.39 is 0 Å². The van der Waals surface area contributed by atoms with Crippen LogP contribution in [0.25, 0.3) is 0 Å². The molecule has 0 aliphatic carbocycles. The smallest absolute Gasteiger partial charge is 0.320 e. The monoisotopic (exact) mass is 592 g/mol. The summed E-state index contributed by atoms with van der Waals surface area (Å²) in [5.74, 6) is 0.218. The number of halogens is 1. The lowest BCUT2D eigenvalue weighted by molar-refractivity contribution is 0.00482. The third-order valence-corrected chi connectivity index (χ3v) is 10.5. The Bertz CT molecular complexity index is 1300. The molecule has 2 aromatic rings. The van der Waals surface area contributed by atoms with Gasteiger partial charge in [0.15, 0.2) is 0 Å². The number of rotatable bonds is 6. The number of amides is 3. The van der Waals surface area contributed by atoms with Crippen LogP contribution in [0.3, 0.4) is 0 Å². The molecule has 0 radical (unpaired) electrons. The van der Waals surface area contributed by atoms with Crippen LogP contribution in [0.15, 0.2) is 30.6 Å². The van der Waals surface area contributed by atoms with Gasteiger partial charge in [0.1, 0.15) is 12.1 Å². The summed E-state index contributed by atoms with van der Waals surface area (Å²) in [5.41, 5.74) is 2.97. The van der Waals surface area contributed by atoms with Crippen molar-refractivity contribution in [2.75, 3.05) is 52.5 Å². The maximum Gasteiger partial charge on any atom is 0.320 e. The van der Waals surface area contributed by atoms with Crippen LogP contribution in [0.2, 0.25) is 0 Å². The van der Waals surface area contributed by atoms with E-state index in [0.29, 0.717) is 31.1 Å². The highest BCUT2D eigenvalue weighted by Gasteiger charge is 2.45. The third-order valence-electron chi connectivity index (χ3n) is 10.5. The number of benzene rings is 1. The summed E-state index contributed by atoms with van der Waals surface area (Å²) in [5, 5.41) is 0. The Kier molecular flexibility index (Phi) is 8.69. The normalized spacial score (nSPS) is 24.1. The summed E-state index contributed by atoms with van der Waals surface area (Å²) in [7, 11) is 0. The lowest BCUT2D eigenvalue weighted by atomic mass is 9.85. The number of aryl methyl sites for hydroxylation is 2. The fourth-order valence-corrected chi connectivity index (χ4v) is 7.71. The van der Waals surface area contributed by atoms with Gasteiger partial charge in [-0.05, 0) is 82.9 Å². The number of ether oxygens (including phenoxy) is 1. The maximum atomic E-state index is 14.3. The summed E-state index contributed by atoms with van der Waals surface area (Å²) >= 11 is 0. The minimum Gasteiger partial charge on any atom is -0.381 e. The molecule has 3 amide bonds. The Balaban J connectivity index is 1.10. The first-order chi connectivity index (χ1) is 20.7. The molecule has 0 unspecified atom stereocenters. The van der Waals surface area contributed by atoms with Crippen molar-refractivity contribution in [2.24, 2.45) is 5.92 Å². The molecule has 4 aliphatic rings. The number of urea groups is 1. The Labute approximate surface area is 254 Å². The lowest BCUT2D eigenvalue weighted by Gasteiger charge is -2.50. The van der Waals surface area contributed by atoms with Gasteiger partial charge in [0, 0.05) is 64.1 Å². The molecule has 0 bridgehead atoms. The Morgan fingerprint density at radius 2 is 1.70 bits per heavy atom. The van der Waals surface area contributed by atoms with Crippen LogP contribution in [-0.4, -0.2) is 106 Å². The van der Waals surface area contributed by atoms with Gasteiger partial charge < -0.3 is 19.4 Å². The predicted molar refractivity (Wildman–Crippen MR) is 161 cm³/mol. The van der Waals surface area contributed by atoms with Gasteiger partial charge >= 0.3 is 6.03 Å². The van der Waals surface area contributed by atoms with Crippen molar-refractivity contribution in [3.8, 4) is 0 Å². The zero-order chi connectivity index (χ0) is 30.1. The Hall–Kier alpha value is -3.11. The molecule has 6 rings (SSSR count). The Morgan fingerprint density at radius 3 is 2.35 bits per heavy atom. The zero-order valence-electron chi connectivity index (χ0n) is 25.8. The molecule has 10 heteroatoms. The summed E-state index contributed by atoms with van der Waals surface area (Å²) in [6.07, 6.45) is 7.06. The molecule has 4 saturated heterocycles. The van der Waals surface area contributed by atoms with Gasteiger partial charge in [-0.25, -0.2) is 19.2 Å². The van der Waals surface area contributed by atoms with Crippen LogP contribution in [0.5, 0.6) is 0 Å². The summed E-state index contributed by atoms with van der Waals surface area (Å²) in [6.45, 7) is 12.1. The van der Waals surface area contributed by atoms with Crippen LogP contribution in [0.4, 0.5) is 9.18 Å². The van der Waals surface area contributed by atoms with Crippen molar-refractivity contribution in [3.63, 3.8) is 0 Å². The van der Waals surface area contributed by atoms with Crippen molar-refractivity contribution in [3.05, 3.63) is 58.9 Å². The van der Waals surface area contributed by atoms with E-state index in [-0.39, 0.29) is 35.4 Å². The van der Waals surface area contributed by atoms with Gasteiger partial charge in [-0.3, -0.25) is 9.69 Å². The molecule has 232 valence electrons. The van der Waals surface area contributed by atoms with Crippen LogP contribution < -0.4 is 0 Å². The molecule has 1 atom stereocenters. The number of carbonyl (C=O) groups excluding carboxylic acids is 2. The Morgan fingerprint density at radius 1 is 1.02 bits per heavy atom. The highest BCUT2D eigenvalue weighted by atomic mass is 19.1. The second-order valence-corrected chi connectivity index (χ2v) is 13.1. The SMILES string of the molecule is Cc1ncnc(C)c1C(=O)N1CCC(C)(N2CCC(N3C(=O)N(CC4CCOCC4)C[C@H]3c3cccc(F)c3)CC2)CC1. The first-order valence-electron chi connectivity index (χ1n) is 16.0. The molecule has 0 spiro atoms. The molecular weight excluding hydrogens is 547 g/mol. The minimum absolute atomic E-state index is 0.00505. The second kappa shape index (κ2) is 12.5. The molecule has 0 saturated carbocycles. The highest BCUT2D eigenvalue weighted by molar-refractivity contribution is 5.96. The minimum atomic E-state index is -0.259. The average molecular weight is 593 g/mol. The number of carbonyl (C=O) groups is 2. The van der Waals surface area contributed by atoms with Crippen molar-refractivity contribution in [1.82, 2.24) is 29.6 Å². The van der Waals surface area contributed by atoms with Gasteiger partial charge in [-0.2, -0.15) is 0 Å². The van der Waals surface area contributed by atoms with Crippen LogP contribution in [0, 0.1) is 25.6 Å². The number of aromatic nitrogens is 2. The van der Waals surface area contributed by atoms with Gasteiger partial charge in [0.25, 0.3) is 5.91 Å². The van der Waals surface area contributed by atoms with E-state index in [9.17, 15) is 14.0 Å². The first-order valence-corrected chi connectivity index (χ1v) is 16.0. The molecule has 5 heterocycles. The van der Waals surface area contributed by atoms with Crippen molar-refractivity contribution >= 4 is 11.9 Å². The molecule has 4 aliphatic heterocycles. The summed E-state index contributed by atoms with van der Waals surface area (Å²) < 4.78 is 19.8. The topological polar surface area (TPSA) is 82.1 Å². The van der Waals surface area contributed by atoms with Gasteiger partial charge in [-0.1, -0.05) is 12.1 Å². The largest absolute Gasteiger partial charge is 0.381 e. The highest BCUT2D eigenvalue weighted by Crippen LogP contribution is 2.38. The van der Waals surface area contributed by atoms with E-state index >= 15 is 0 Å². The second-order valence-electron chi connectivity index (χ2n) is 13.1. The molecule has 1 aromatic heterocycles. The van der Waals surface area contributed by atoms with Gasteiger partial charge in [0.2, 0.25) is 0 Å². The van der Waals surface area contributed by atoms with Crippen LogP contribution in [-0.2, 0) is 4.74 Å². The number of likely N-dealkylation sites (tertiary alicyclic amines) is 2. The lowest BCUT2D eigenvalue weighted by Crippen LogP contribution is -2.58. The first kappa shape index (κ1) is 29.9. The summed E-state index contributed by atoms with van der Waals surface area (Å²) in [6, 6.07) is 6.85. The van der Waals surface area contributed by atoms with Crippen molar-refractivity contribution in [1.29, 1.82) is 0 Å². The van der Waals surface area contributed by atoms with Crippen molar-refractivity contribution in [2.45, 2.75) is 76.9 Å². The molecular formula is C33H45FN6O3. The number of hydrogen-bond donors (Lipinski definition) is 0. The van der Waals surface area contributed by atoms with E-state index in [0.717, 1.165) is 88.3 Å². The van der Waals surface area contributed by atoms with E-state index in [2.05, 4.69) is 26.7 Å². The average Bonchev–Trinajstić information content (AvgIpc) is 3.33. The molecule has 0 N–H and O–H groups in total. The molecule has 4 fully saturated rings. The van der Waals surface area contributed by atoms with Crippen molar-refractivity contribution < 1.29 is 18.7 Å². The van der Waals surface area contributed by atoms with E-state index in [4.69, 9.17) is 4.74 Å². The standard InChI is InChI=1S/C33H45FN6O3/c1-23-30(24(2)36-22-35-23)31(41)37-15-11-33(3,12-16-37)39-13-7-28(8-14-39)40-29(26-5-4-6-27(34)19-26)21-38(32(40)42)20-25-9-17-43-18-10-25/h4-6,19,22,25,28-29H,7-18,20-21H2,1-3H3/t29-/m0/s1. The van der Waals surface area contributed by atoms with Gasteiger partial charge in [-0.15, -0.1) is 0 Å². The van der Waals surface area contributed by atoms with E-state index in [1.54, 1.807) is 12.1 Å². The fraction of sp³-hybridized carbons (Fsp3) is 0.636. The number of nitrogens with zero attached hydrogens (tertiary/aromatic N) is 6. The predicted octanol–water partition coefficient (Wildman–Crippen LogP) is 4.60. The van der Waals surface area contributed by atoms with E-state index in [1.165, 1.54) is 12.4 Å². The fourth-order valence-electron chi connectivity index (χ4n) is 7.71. The van der Waals surface area contributed by atoms with Crippen LogP contribution >= 0.6 is 0 Å². The zero-order valence-corrected chi connectivity index (χ0v) is 25.8. The molecule has 1 aromatic carbocycles. The van der Waals surface area contributed by atoms with Gasteiger partial charge in [0.05, 0.1) is 23.0 Å². The number of piperidine rings is 2. The summed E-state index contributed by atoms with van der Waals surface area (Å²) in [4.78, 5) is 44.3. The quantitative estimate of drug-likeness (QED) is 0.488. The number of hydrogen-bond acceptors (Lipinski definition) is 6. The van der Waals surface area contributed by atoms with Crippen LogP contribution in [0.1, 0.15) is 78.8 Å². The maximum absolute atomic E-state index is 14.3. The van der Waals surface area contributed by atoms with E-state index in [1.807, 2.05) is 29.7 Å². The molecule has 9 nitrogen and oxygen atoms in total. The molecule has 43 heavy (non-hydrogen) atoms. The third kappa shape index (κ3) is 6.13.